The van der Waals surface area contributed by atoms with E-state index in [0.29, 0.717) is 17.1 Å². The van der Waals surface area contributed by atoms with Crippen molar-refractivity contribution in [2.75, 3.05) is 12.8 Å². The fraction of sp³-hybridized carbons (Fsp3) is 0.154. The highest BCUT2D eigenvalue weighted by Crippen LogP contribution is 2.32. The van der Waals surface area contributed by atoms with Crippen molar-refractivity contribution < 1.29 is 9.13 Å². The molecule has 3 nitrogen and oxygen atoms in total. The van der Waals surface area contributed by atoms with Gasteiger partial charge in [0.25, 0.3) is 0 Å². The molecule has 0 aliphatic heterocycles. The van der Waals surface area contributed by atoms with Crippen molar-refractivity contribution in [2.24, 2.45) is 0 Å². The van der Waals surface area contributed by atoms with Crippen molar-refractivity contribution >= 4 is 5.82 Å². The molecule has 2 rings (SSSR count). The molecular formula is C13H13FN2O. The van der Waals surface area contributed by atoms with Gasteiger partial charge in [-0.3, -0.25) is 0 Å². The van der Waals surface area contributed by atoms with Gasteiger partial charge in [-0.2, -0.15) is 0 Å². The second kappa shape index (κ2) is 4.41. The monoisotopic (exact) mass is 232 g/mol. The summed E-state index contributed by atoms with van der Waals surface area (Å²) in [6.07, 6.45) is 1.63. The lowest BCUT2D eigenvalue weighted by molar-refractivity contribution is 0.415. The predicted octanol–water partition coefficient (Wildman–Crippen LogP) is 2.79. The molecule has 0 radical (unpaired) electrons. The molecule has 0 spiro atoms. The number of anilines is 1. The summed E-state index contributed by atoms with van der Waals surface area (Å²) in [5, 5.41) is 0. The van der Waals surface area contributed by atoms with Crippen molar-refractivity contribution in [1.29, 1.82) is 0 Å². The van der Waals surface area contributed by atoms with E-state index in [-0.39, 0.29) is 5.82 Å². The maximum Gasteiger partial charge on any atom is 0.126 e. The number of nitrogens with two attached hydrogens (primary N) is 1. The van der Waals surface area contributed by atoms with Gasteiger partial charge in [0.1, 0.15) is 17.4 Å². The Bertz CT molecular complexity index is 555. The lowest BCUT2D eigenvalue weighted by atomic mass is 10.0. The van der Waals surface area contributed by atoms with Crippen LogP contribution in [0.4, 0.5) is 10.2 Å². The highest BCUT2D eigenvalue weighted by molar-refractivity contribution is 5.73. The fourth-order valence-corrected chi connectivity index (χ4v) is 1.75. The Kier molecular flexibility index (Phi) is 2.95. The zero-order valence-corrected chi connectivity index (χ0v) is 9.70. The van der Waals surface area contributed by atoms with Gasteiger partial charge in [0.2, 0.25) is 0 Å². The quantitative estimate of drug-likeness (QED) is 0.866. The molecule has 88 valence electrons. The molecule has 4 heteroatoms. The van der Waals surface area contributed by atoms with Crippen LogP contribution in [0.3, 0.4) is 0 Å². The molecule has 0 aliphatic rings. The minimum atomic E-state index is -0.308. The van der Waals surface area contributed by atoms with E-state index in [0.717, 1.165) is 11.1 Å². The second-order valence-corrected chi connectivity index (χ2v) is 3.77. The first-order valence-corrected chi connectivity index (χ1v) is 5.18. The molecule has 0 aliphatic carbocycles. The molecular weight excluding hydrogens is 219 g/mol. The summed E-state index contributed by atoms with van der Waals surface area (Å²) < 4.78 is 18.5. The Labute approximate surface area is 99.1 Å². The van der Waals surface area contributed by atoms with Crippen LogP contribution in [0, 0.1) is 12.7 Å². The minimum absolute atomic E-state index is 0.308. The Morgan fingerprint density at radius 2 is 2.00 bits per heavy atom. The maximum absolute atomic E-state index is 13.3. The first kappa shape index (κ1) is 11.4. The van der Waals surface area contributed by atoms with Gasteiger partial charge in [-0.25, -0.2) is 9.37 Å². The minimum Gasteiger partial charge on any atom is -0.496 e. The van der Waals surface area contributed by atoms with Gasteiger partial charge in [0.15, 0.2) is 0 Å². The zero-order valence-electron chi connectivity index (χ0n) is 9.70. The van der Waals surface area contributed by atoms with Crippen molar-refractivity contribution in [3.8, 4) is 16.9 Å². The molecule has 17 heavy (non-hydrogen) atoms. The van der Waals surface area contributed by atoms with Crippen molar-refractivity contribution in [3.05, 3.63) is 41.8 Å². The van der Waals surface area contributed by atoms with E-state index in [4.69, 9.17) is 10.5 Å². The number of hydrogen-bond donors (Lipinski definition) is 1. The number of hydrogen-bond acceptors (Lipinski definition) is 3. The first-order valence-electron chi connectivity index (χ1n) is 5.18. The summed E-state index contributed by atoms with van der Waals surface area (Å²) in [7, 11) is 1.55. The third kappa shape index (κ3) is 2.20. The second-order valence-electron chi connectivity index (χ2n) is 3.77. The Balaban J connectivity index is 2.62. The number of aryl methyl sites for hydroxylation is 1. The lowest BCUT2D eigenvalue weighted by Crippen LogP contribution is -1.95. The van der Waals surface area contributed by atoms with E-state index in [9.17, 15) is 4.39 Å². The number of aromatic nitrogens is 1. The Morgan fingerprint density at radius 3 is 2.65 bits per heavy atom. The van der Waals surface area contributed by atoms with E-state index in [2.05, 4.69) is 4.98 Å². The smallest absolute Gasteiger partial charge is 0.126 e. The number of nitrogen functional groups attached to an aromatic ring is 1. The topological polar surface area (TPSA) is 48.1 Å². The van der Waals surface area contributed by atoms with Crippen LogP contribution in [0.15, 0.2) is 30.5 Å². The predicted molar refractivity (Wildman–Crippen MR) is 65.3 cm³/mol. The molecule has 1 aromatic heterocycles. The molecule has 0 saturated carbocycles. The van der Waals surface area contributed by atoms with Crippen LogP contribution in [0.2, 0.25) is 0 Å². The molecule has 0 saturated heterocycles. The number of nitrogens with zero attached hydrogens (tertiary/aromatic N) is 1. The summed E-state index contributed by atoms with van der Waals surface area (Å²) in [5.74, 6) is 0.750. The summed E-state index contributed by atoms with van der Waals surface area (Å²) in [5.41, 5.74) is 8.02. The molecule has 0 amide bonds. The van der Waals surface area contributed by atoms with Gasteiger partial charge in [-0.05, 0) is 36.8 Å². The van der Waals surface area contributed by atoms with Gasteiger partial charge < -0.3 is 10.5 Å². The number of benzene rings is 1. The van der Waals surface area contributed by atoms with Crippen molar-refractivity contribution in [3.63, 3.8) is 0 Å². The molecule has 0 fully saturated rings. The number of halogens is 1. The number of ether oxygens (including phenoxy) is 1. The SMILES string of the molecule is COc1ccc(F)cc1-c1cnc(N)cc1C. The number of methoxy groups -OCH3 is 1. The van der Waals surface area contributed by atoms with E-state index < -0.39 is 0 Å². The summed E-state index contributed by atoms with van der Waals surface area (Å²) in [6, 6.07) is 6.14. The number of rotatable bonds is 2. The normalized spacial score (nSPS) is 10.3. The van der Waals surface area contributed by atoms with Crippen LogP contribution in [-0.4, -0.2) is 12.1 Å². The van der Waals surface area contributed by atoms with E-state index in [1.165, 1.54) is 12.1 Å². The zero-order chi connectivity index (χ0) is 12.4. The summed E-state index contributed by atoms with van der Waals surface area (Å²) in [4.78, 5) is 4.02. The Hall–Kier alpha value is -2.10. The van der Waals surface area contributed by atoms with Gasteiger partial charge in [0.05, 0.1) is 7.11 Å². The molecule has 2 N–H and O–H groups in total. The number of pyridine rings is 1. The van der Waals surface area contributed by atoms with E-state index in [1.54, 1.807) is 25.4 Å². The van der Waals surface area contributed by atoms with Gasteiger partial charge in [0, 0.05) is 17.3 Å². The average Bonchev–Trinajstić information content (AvgIpc) is 2.29. The van der Waals surface area contributed by atoms with Crippen LogP contribution >= 0.6 is 0 Å². The first-order chi connectivity index (χ1) is 8.11. The third-order valence-electron chi connectivity index (χ3n) is 2.58. The molecule has 2 aromatic rings. The summed E-state index contributed by atoms with van der Waals surface area (Å²) >= 11 is 0. The third-order valence-corrected chi connectivity index (χ3v) is 2.58. The highest BCUT2D eigenvalue weighted by Gasteiger charge is 2.10. The van der Waals surface area contributed by atoms with Crippen LogP contribution in [-0.2, 0) is 0 Å². The van der Waals surface area contributed by atoms with Crippen LogP contribution < -0.4 is 10.5 Å². The highest BCUT2D eigenvalue weighted by atomic mass is 19.1. The van der Waals surface area contributed by atoms with E-state index in [1.807, 2.05) is 6.92 Å². The standard InChI is InChI=1S/C13H13FN2O/c1-8-5-13(15)16-7-11(8)10-6-9(14)3-4-12(10)17-2/h3-7H,1-2H3,(H2,15,16). The lowest BCUT2D eigenvalue weighted by Gasteiger charge is -2.11. The Morgan fingerprint density at radius 1 is 1.24 bits per heavy atom. The molecule has 0 unspecified atom stereocenters. The summed E-state index contributed by atoms with van der Waals surface area (Å²) in [6.45, 7) is 1.90. The van der Waals surface area contributed by atoms with Gasteiger partial charge >= 0.3 is 0 Å². The molecule has 0 atom stereocenters. The van der Waals surface area contributed by atoms with Crippen molar-refractivity contribution in [1.82, 2.24) is 4.98 Å². The van der Waals surface area contributed by atoms with Gasteiger partial charge in [-0.15, -0.1) is 0 Å². The van der Waals surface area contributed by atoms with Gasteiger partial charge in [-0.1, -0.05) is 0 Å². The van der Waals surface area contributed by atoms with Crippen molar-refractivity contribution in [2.45, 2.75) is 6.92 Å². The molecule has 1 aromatic carbocycles. The van der Waals surface area contributed by atoms with Crippen LogP contribution in [0.25, 0.3) is 11.1 Å². The largest absolute Gasteiger partial charge is 0.496 e. The fourth-order valence-electron chi connectivity index (χ4n) is 1.75. The molecule has 0 bridgehead atoms. The van der Waals surface area contributed by atoms with E-state index >= 15 is 0 Å². The van der Waals surface area contributed by atoms with Crippen LogP contribution in [0.5, 0.6) is 5.75 Å². The molecule has 1 heterocycles. The maximum atomic E-state index is 13.3. The van der Waals surface area contributed by atoms with Crippen LogP contribution in [0.1, 0.15) is 5.56 Å². The average molecular weight is 232 g/mol.